The Morgan fingerprint density at radius 2 is 1.18 bits per heavy atom. The summed E-state index contributed by atoms with van der Waals surface area (Å²) in [5.41, 5.74) is 0.581. The molecule has 2 atom stereocenters. The van der Waals surface area contributed by atoms with Gasteiger partial charge in [-0.25, -0.2) is 0 Å². The Morgan fingerprint density at radius 1 is 0.650 bits per heavy atom. The second kappa shape index (κ2) is 12.3. The van der Waals surface area contributed by atoms with Crippen LogP contribution in [-0.2, 0) is 30.0 Å². The third kappa shape index (κ3) is 5.42. The number of carbonyl (C=O) groups is 4. The minimum atomic E-state index is -0.642. The standard InChI is InChI=1S/2C15H19N3O2/c19-13-1-6-15(14(20)18-13,11-2-7-16-8-3-11)12-4-9-17-10-5-12;19-13-4-7-15(14(20)18-13,11-5-9-16-10-6-11)12-3-1-2-8-17-12/h2-3,7-8,12,17H,1,4-6,9-10H2,(H,18,19,20);1-3,8,11,16H,4-7,9-10H2,(H,18,19,20). The molecule has 4 aliphatic rings. The first kappa shape index (κ1) is 28.0. The van der Waals surface area contributed by atoms with Gasteiger partial charge in [0.1, 0.15) is 0 Å². The van der Waals surface area contributed by atoms with Crippen LogP contribution in [0.15, 0.2) is 48.9 Å². The second-order valence-electron chi connectivity index (χ2n) is 11.2. The average molecular weight is 547 g/mol. The summed E-state index contributed by atoms with van der Waals surface area (Å²) in [5, 5.41) is 11.7. The maximum atomic E-state index is 12.7. The van der Waals surface area contributed by atoms with Crippen molar-refractivity contribution in [3.8, 4) is 0 Å². The molecule has 0 spiro atoms. The Kier molecular flexibility index (Phi) is 8.66. The maximum Gasteiger partial charge on any atom is 0.239 e. The molecule has 4 aliphatic heterocycles. The predicted molar refractivity (Wildman–Crippen MR) is 148 cm³/mol. The van der Waals surface area contributed by atoms with Crippen molar-refractivity contribution in [3.05, 3.63) is 60.2 Å². The summed E-state index contributed by atoms with van der Waals surface area (Å²) in [6.45, 7) is 3.69. The number of piperidine rings is 4. The van der Waals surface area contributed by atoms with Gasteiger partial charge < -0.3 is 10.6 Å². The highest BCUT2D eigenvalue weighted by Crippen LogP contribution is 2.44. The lowest BCUT2D eigenvalue weighted by Gasteiger charge is -2.43. The minimum Gasteiger partial charge on any atom is -0.317 e. The number of hydrogen-bond donors (Lipinski definition) is 4. The Hall–Kier alpha value is -3.50. The van der Waals surface area contributed by atoms with Crippen LogP contribution in [0.3, 0.4) is 0 Å². The van der Waals surface area contributed by atoms with E-state index in [9.17, 15) is 19.2 Å². The van der Waals surface area contributed by atoms with Gasteiger partial charge in [-0.2, -0.15) is 0 Å². The number of imide groups is 2. The van der Waals surface area contributed by atoms with E-state index in [0.29, 0.717) is 25.7 Å². The number of nitrogens with one attached hydrogen (secondary N) is 4. The first-order valence-electron chi connectivity index (χ1n) is 14.4. The van der Waals surface area contributed by atoms with Crippen molar-refractivity contribution in [2.75, 3.05) is 26.2 Å². The molecule has 6 heterocycles. The first-order chi connectivity index (χ1) is 19.5. The van der Waals surface area contributed by atoms with E-state index >= 15 is 0 Å². The van der Waals surface area contributed by atoms with E-state index < -0.39 is 10.8 Å². The zero-order valence-electron chi connectivity index (χ0n) is 22.8. The van der Waals surface area contributed by atoms with Crippen molar-refractivity contribution in [1.82, 2.24) is 31.2 Å². The molecule has 4 N–H and O–H groups in total. The van der Waals surface area contributed by atoms with Crippen LogP contribution in [0, 0.1) is 11.8 Å². The molecule has 4 amide bonds. The average Bonchev–Trinajstić information content (AvgIpc) is 3.00. The fourth-order valence-corrected chi connectivity index (χ4v) is 7.10. The van der Waals surface area contributed by atoms with Gasteiger partial charge in [0, 0.05) is 31.4 Å². The number of nitrogens with zero attached hydrogens (tertiary/aromatic N) is 2. The molecule has 4 saturated heterocycles. The van der Waals surface area contributed by atoms with Crippen molar-refractivity contribution in [3.63, 3.8) is 0 Å². The summed E-state index contributed by atoms with van der Waals surface area (Å²) in [5.74, 6) is -0.110. The van der Waals surface area contributed by atoms with Crippen molar-refractivity contribution < 1.29 is 19.2 Å². The largest absolute Gasteiger partial charge is 0.317 e. The fourth-order valence-electron chi connectivity index (χ4n) is 7.10. The summed E-state index contributed by atoms with van der Waals surface area (Å²) in [6, 6.07) is 9.51. The van der Waals surface area contributed by atoms with Gasteiger partial charge >= 0.3 is 0 Å². The van der Waals surface area contributed by atoms with Crippen LogP contribution in [0.25, 0.3) is 0 Å². The lowest BCUT2D eigenvalue weighted by atomic mass is 9.62. The minimum absolute atomic E-state index is 0.133. The normalized spacial score (nSPS) is 28.2. The molecule has 40 heavy (non-hydrogen) atoms. The number of pyridine rings is 2. The quantitative estimate of drug-likeness (QED) is 0.423. The molecule has 10 nitrogen and oxygen atoms in total. The monoisotopic (exact) mass is 546 g/mol. The van der Waals surface area contributed by atoms with Gasteiger partial charge in [-0.1, -0.05) is 6.07 Å². The van der Waals surface area contributed by atoms with E-state index in [1.807, 2.05) is 30.3 Å². The van der Waals surface area contributed by atoms with Gasteiger partial charge in [-0.15, -0.1) is 0 Å². The zero-order valence-corrected chi connectivity index (χ0v) is 22.8. The lowest BCUT2D eigenvalue weighted by molar-refractivity contribution is -0.142. The van der Waals surface area contributed by atoms with Crippen LogP contribution in [0.2, 0.25) is 0 Å². The van der Waals surface area contributed by atoms with Crippen LogP contribution >= 0.6 is 0 Å². The Bertz CT molecular complexity index is 1120. The number of aromatic nitrogens is 2. The van der Waals surface area contributed by atoms with Crippen molar-refractivity contribution >= 4 is 23.6 Å². The van der Waals surface area contributed by atoms with Crippen LogP contribution in [0.1, 0.15) is 62.6 Å². The van der Waals surface area contributed by atoms with Gasteiger partial charge in [-0.05, 0) is 106 Å². The molecule has 0 aliphatic carbocycles. The van der Waals surface area contributed by atoms with Gasteiger partial charge in [0.2, 0.25) is 23.6 Å². The maximum absolute atomic E-state index is 12.7. The zero-order chi connectivity index (χ0) is 28.0. The molecular formula is C30H38N6O4. The number of amides is 4. The topological polar surface area (TPSA) is 142 Å². The van der Waals surface area contributed by atoms with E-state index in [1.54, 1.807) is 18.6 Å². The first-order valence-corrected chi connectivity index (χ1v) is 14.4. The van der Waals surface area contributed by atoms with Crippen LogP contribution in [0.5, 0.6) is 0 Å². The van der Waals surface area contributed by atoms with E-state index in [2.05, 4.69) is 31.2 Å². The van der Waals surface area contributed by atoms with E-state index in [1.165, 1.54) is 0 Å². The van der Waals surface area contributed by atoms with Crippen molar-refractivity contribution in [1.29, 1.82) is 0 Å². The summed E-state index contributed by atoms with van der Waals surface area (Å²) >= 11 is 0. The molecular weight excluding hydrogens is 508 g/mol. The molecule has 2 aromatic rings. The molecule has 10 heteroatoms. The van der Waals surface area contributed by atoms with Crippen LogP contribution < -0.4 is 21.3 Å². The molecule has 0 radical (unpaired) electrons. The third-order valence-corrected chi connectivity index (χ3v) is 9.20. The molecule has 4 fully saturated rings. The number of carbonyl (C=O) groups excluding carboxylic acids is 4. The van der Waals surface area contributed by atoms with Gasteiger partial charge in [0.05, 0.1) is 16.5 Å². The SMILES string of the molecule is O=C1CCC(c2ccccn2)(C2CCNCC2)C(=O)N1.O=C1CCC(c2ccncc2)(C2CCNCC2)C(=O)N1. The highest BCUT2D eigenvalue weighted by atomic mass is 16.2. The molecule has 212 valence electrons. The van der Waals surface area contributed by atoms with Crippen LogP contribution in [-0.4, -0.2) is 59.8 Å². The second-order valence-corrected chi connectivity index (χ2v) is 11.2. The van der Waals surface area contributed by atoms with E-state index in [4.69, 9.17) is 0 Å². The van der Waals surface area contributed by atoms with Crippen LogP contribution in [0.4, 0.5) is 0 Å². The summed E-state index contributed by atoms with van der Waals surface area (Å²) in [4.78, 5) is 56.8. The summed E-state index contributed by atoms with van der Waals surface area (Å²) in [7, 11) is 0. The summed E-state index contributed by atoms with van der Waals surface area (Å²) < 4.78 is 0. The molecule has 2 unspecified atom stereocenters. The molecule has 0 aromatic carbocycles. The number of hydrogen-bond acceptors (Lipinski definition) is 8. The highest BCUT2D eigenvalue weighted by molar-refractivity contribution is 6.04. The summed E-state index contributed by atoms with van der Waals surface area (Å²) in [6.07, 6.45) is 11.0. The van der Waals surface area contributed by atoms with Crippen molar-refractivity contribution in [2.24, 2.45) is 11.8 Å². The molecule has 2 aromatic heterocycles. The van der Waals surface area contributed by atoms with E-state index in [-0.39, 0.29) is 35.5 Å². The highest BCUT2D eigenvalue weighted by Gasteiger charge is 2.51. The predicted octanol–water partition coefficient (Wildman–Crippen LogP) is 1.51. The third-order valence-electron chi connectivity index (χ3n) is 9.20. The molecule has 0 saturated carbocycles. The Morgan fingerprint density at radius 3 is 1.68 bits per heavy atom. The Balaban J connectivity index is 0.000000161. The lowest BCUT2D eigenvalue weighted by Crippen LogP contribution is -2.57. The Labute approximate surface area is 234 Å². The molecule has 6 rings (SSSR count). The smallest absolute Gasteiger partial charge is 0.239 e. The van der Waals surface area contributed by atoms with Crippen molar-refractivity contribution in [2.45, 2.75) is 62.2 Å². The molecule has 0 bridgehead atoms. The van der Waals surface area contributed by atoms with Gasteiger partial charge in [-0.3, -0.25) is 39.8 Å². The van der Waals surface area contributed by atoms with E-state index in [0.717, 1.165) is 63.1 Å². The van der Waals surface area contributed by atoms with Gasteiger partial charge in [0.15, 0.2) is 0 Å². The fraction of sp³-hybridized carbons (Fsp3) is 0.533. The number of rotatable bonds is 4. The van der Waals surface area contributed by atoms with Gasteiger partial charge in [0.25, 0.3) is 0 Å².